The summed E-state index contributed by atoms with van der Waals surface area (Å²) in [6.45, 7) is 11.0. The van der Waals surface area contributed by atoms with Gasteiger partial charge in [-0.3, -0.25) is 9.59 Å². The lowest BCUT2D eigenvalue weighted by Crippen LogP contribution is -2.30. The number of anilines is 1. The highest BCUT2D eigenvalue weighted by molar-refractivity contribution is 6.06. The number of Topliss-reactive ketones (excluding diaryl/α,β-unsaturated/α-hetero) is 1. The highest BCUT2D eigenvalue weighted by atomic mass is 16.5. The summed E-state index contributed by atoms with van der Waals surface area (Å²) >= 11 is 0. The fraction of sp³-hybridized carbons (Fsp3) is 0.325. The van der Waals surface area contributed by atoms with Gasteiger partial charge in [0.15, 0.2) is 5.78 Å². The van der Waals surface area contributed by atoms with Crippen molar-refractivity contribution in [2.45, 2.75) is 78.7 Å². The van der Waals surface area contributed by atoms with Gasteiger partial charge < -0.3 is 14.4 Å². The molecule has 0 saturated carbocycles. The topological polar surface area (TPSA) is 72.9 Å². The van der Waals surface area contributed by atoms with Gasteiger partial charge in [0.1, 0.15) is 11.5 Å². The van der Waals surface area contributed by atoms with Crippen LogP contribution in [0, 0.1) is 0 Å². The predicted molar refractivity (Wildman–Crippen MR) is 184 cm³/mol. The van der Waals surface area contributed by atoms with Crippen LogP contribution in [0.3, 0.4) is 0 Å². The van der Waals surface area contributed by atoms with Crippen LogP contribution in [0.25, 0.3) is 0 Å². The van der Waals surface area contributed by atoms with E-state index in [0.717, 1.165) is 29.7 Å². The molecule has 0 aliphatic rings. The lowest BCUT2D eigenvalue weighted by atomic mass is 9.86. The molecule has 4 aromatic rings. The molecule has 0 unspecified atom stereocenters. The summed E-state index contributed by atoms with van der Waals surface area (Å²) in [5.41, 5.74) is 4.07. The van der Waals surface area contributed by atoms with Crippen LogP contribution in [0.4, 0.5) is 5.69 Å². The average Bonchev–Trinajstić information content (AvgIpc) is 3.05. The van der Waals surface area contributed by atoms with E-state index in [2.05, 4.69) is 27.7 Å². The zero-order valence-electron chi connectivity index (χ0n) is 27.7. The maximum atomic E-state index is 13.9. The van der Waals surface area contributed by atoms with E-state index < -0.39 is 5.97 Å². The van der Waals surface area contributed by atoms with Crippen LogP contribution in [-0.4, -0.2) is 24.3 Å². The van der Waals surface area contributed by atoms with Gasteiger partial charge in [-0.15, -0.1) is 0 Å². The summed E-state index contributed by atoms with van der Waals surface area (Å²) < 4.78 is 11.4. The zero-order chi connectivity index (χ0) is 33.1. The molecule has 46 heavy (non-hydrogen) atoms. The molecule has 0 bridgehead atoms. The van der Waals surface area contributed by atoms with E-state index in [9.17, 15) is 14.4 Å². The van der Waals surface area contributed by atoms with E-state index in [4.69, 9.17) is 9.47 Å². The van der Waals surface area contributed by atoms with Crippen LogP contribution in [-0.2, 0) is 12.0 Å². The van der Waals surface area contributed by atoms with E-state index in [0.29, 0.717) is 34.7 Å². The molecule has 0 saturated heterocycles. The first kappa shape index (κ1) is 34.2. The number of rotatable bonds is 14. The molecular formula is C40H45NO5. The van der Waals surface area contributed by atoms with Crippen LogP contribution in [0.2, 0.25) is 0 Å². The van der Waals surface area contributed by atoms with Crippen LogP contribution in [0.15, 0.2) is 97.1 Å². The summed E-state index contributed by atoms with van der Waals surface area (Å²) in [6.07, 6.45) is 5.86. The smallest absolute Gasteiger partial charge is 0.343 e. The lowest BCUT2D eigenvalue weighted by Gasteiger charge is -2.25. The highest BCUT2D eigenvalue weighted by Crippen LogP contribution is 2.26. The molecule has 0 radical (unpaired) electrons. The Morgan fingerprint density at radius 1 is 0.696 bits per heavy atom. The van der Waals surface area contributed by atoms with E-state index in [1.54, 1.807) is 59.5 Å². The third kappa shape index (κ3) is 9.64. The maximum absolute atomic E-state index is 13.9. The first-order valence-corrected chi connectivity index (χ1v) is 16.1. The second kappa shape index (κ2) is 16.0. The van der Waals surface area contributed by atoms with Gasteiger partial charge in [0.2, 0.25) is 0 Å². The fourth-order valence-corrected chi connectivity index (χ4v) is 5.04. The molecule has 6 nitrogen and oxygen atoms in total. The number of ketones is 1. The van der Waals surface area contributed by atoms with Gasteiger partial charge >= 0.3 is 5.97 Å². The SMILES string of the molecule is CCCCCCCOc1ccc(C(=O)Oc2ccc(CN(C(=O)c3ccc(C(C)(C)C)cc3)c3cccc(C(C)=O)c3)cc2)cc1. The third-order valence-corrected chi connectivity index (χ3v) is 7.89. The third-order valence-electron chi connectivity index (χ3n) is 7.89. The van der Waals surface area contributed by atoms with Crippen LogP contribution < -0.4 is 14.4 Å². The number of carbonyl (C=O) groups is 3. The van der Waals surface area contributed by atoms with Crippen molar-refractivity contribution < 1.29 is 23.9 Å². The Morgan fingerprint density at radius 2 is 1.33 bits per heavy atom. The molecule has 1 amide bonds. The van der Waals surface area contributed by atoms with Crippen molar-refractivity contribution in [1.29, 1.82) is 0 Å². The molecule has 0 aliphatic heterocycles. The summed E-state index contributed by atoms with van der Waals surface area (Å²) in [7, 11) is 0. The number of nitrogens with zero attached hydrogens (tertiary/aromatic N) is 1. The van der Waals surface area contributed by atoms with Gasteiger partial charge in [-0.2, -0.15) is 0 Å². The second-order valence-electron chi connectivity index (χ2n) is 12.6. The molecule has 4 aromatic carbocycles. The van der Waals surface area contributed by atoms with E-state index >= 15 is 0 Å². The molecule has 0 atom stereocenters. The minimum atomic E-state index is -0.463. The standard InChI is InChI=1S/C40H45NO5/c1-6-7-8-9-10-26-45-36-24-18-32(19-25-36)39(44)46-37-22-14-30(15-23-37)28-41(35-13-11-12-33(27-35)29(2)42)38(43)31-16-20-34(21-17-31)40(3,4)5/h11-25,27H,6-10,26,28H2,1-5H3. The second-order valence-corrected chi connectivity index (χ2v) is 12.6. The molecule has 240 valence electrons. The molecule has 0 spiro atoms. The molecular weight excluding hydrogens is 574 g/mol. The monoisotopic (exact) mass is 619 g/mol. The molecule has 0 heterocycles. The van der Waals surface area contributed by atoms with E-state index in [1.807, 2.05) is 42.5 Å². The fourth-order valence-electron chi connectivity index (χ4n) is 5.04. The van der Waals surface area contributed by atoms with Gasteiger partial charge in [-0.1, -0.05) is 89.8 Å². The number of esters is 1. The summed E-state index contributed by atoms with van der Waals surface area (Å²) in [4.78, 5) is 40.5. The van der Waals surface area contributed by atoms with Crippen molar-refractivity contribution in [2.75, 3.05) is 11.5 Å². The quantitative estimate of drug-likeness (QED) is 0.0608. The summed E-state index contributed by atoms with van der Waals surface area (Å²) in [6, 6.07) is 28.8. The number of hydrogen-bond donors (Lipinski definition) is 0. The normalized spacial score (nSPS) is 11.2. The number of benzene rings is 4. The van der Waals surface area contributed by atoms with Gasteiger partial charge in [-0.25, -0.2) is 4.79 Å². The Hall–Kier alpha value is -4.71. The van der Waals surface area contributed by atoms with Gasteiger partial charge in [-0.05, 0) is 90.6 Å². The van der Waals surface area contributed by atoms with E-state index in [-0.39, 0.29) is 23.7 Å². The largest absolute Gasteiger partial charge is 0.494 e. The first-order chi connectivity index (χ1) is 22.0. The first-order valence-electron chi connectivity index (χ1n) is 16.1. The number of amides is 1. The minimum Gasteiger partial charge on any atom is -0.494 e. The van der Waals surface area contributed by atoms with Crippen molar-refractivity contribution in [3.63, 3.8) is 0 Å². The molecule has 0 aliphatic carbocycles. The molecule has 0 aromatic heterocycles. The Balaban J connectivity index is 1.44. The van der Waals surface area contributed by atoms with Gasteiger partial charge in [0.25, 0.3) is 5.91 Å². The Morgan fingerprint density at radius 3 is 1.96 bits per heavy atom. The predicted octanol–water partition coefficient (Wildman–Crippen LogP) is 9.60. The zero-order valence-corrected chi connectivity index (χ0v) is 27.7. The molecule has 0 N–H and O–H groups in total. The Bertz CT molecular complexity index is 1600. The van der Waals surface area contributed by atoms with Crippen molar-refractivity contribution in [2.24, 2.45) is 0 Å². The Kier molecular flexibility index (Phi) is 11.9. The Labute approximate surface area is 273 Å². The van der Waals surface area contributed by atoms with Crippen molar-refractivity contribution >= 4 is 23.3 Å². The van der Waals surface area contributed by atoms with Crippen molar-refractivity contribution in [1.82, 2.24) is 0 Å². The average molecular weight is 620 g/mol. The molecule has 6 heteroatoms. The minimum absolute atomic E-state index is 0.0343. The number of hydrogen-bond acceptors (Lipinski definition) is 5. The highest BCUT2D eigenvalue weighted by Gasteiger charge is 2.21. The van der Waals surface area contributed by atoms with Gasteiger partial charge in [0, 0.05) is 16.8 Å². The molecule has 4 rings (SSSR count). The maximum Gasteiger partial charge on any atom is 0.343 e. The summed E-state index contributed by atoms with van der Waals surface area (Å²) in [5, 5.41) is 0. The van der Waals surface area contributed by atoms with Crippen LogP contribution in [0.5, 0.6) is 11.5 Å². The van der Waals surface area contributed by atoms with Crippen molar-refractivity contribution in [3.8, 4) is 11.5 Å². The summed E-state index contributed by atoms with van der Waals surface area (Å²) in [5.74, 6) is 0.413. The molecule has 0 fully saturated rings. The van der Waals surface area contributed by atoms with Gasteiger partial charge in [0.05, 0.1) is 18.7 Å². The van der Waals surface area contributed by atoms with Crippen molar-refractivity contribution in [3.05, 3.63) is 125 Å². The number of carbonyl (C=O) groups excluding carboxylic acids is 3. The number of ether oxygens (including phenoxy) is 2. The van der Waals surface area contributed by atoms with E-state index in [1.165, 1.54) is 26.2 Å². The van der Waals surface area contributed by atoms with Crippen LogP contribution in [0.1, 0.15) is 109 Å². The number of unbranched alkanes of at least 4 members (excludes halogenated alkanes) is 4. The van der Waals surface area contributed by atoms with Crippen LogP contribution >= 0.6 is 0 Å². The lowest BCUT2D eigenvalue weighted by molar-refractivity contribution is 0.0734.